The van der Waals surface area contributed by atoms with Gasteiger partial charge < -0.3 is 5.32 Å². The standard InChI is InChI=1S/C10H17F2N3/c1-4-10(2,3)13-9-5-6-15(14-9)7-8(11)12/h5-6,8H,4,7H2,1-3H3,(H,13,14). The summed E-state index contributed by atoms with van der Waals surface area (Å²) in [4.78, 5) is 0. The fraction of sp³-hybridized carbons (Fsp3) is 0.700. The molecule has 0 aliphatic carbocycles. The summed E-state index contributed by atoms with van der Waals surface area (Å²) in [7, 11) is 0. The van der Waals surface area contributed by atoms with Crippen molar-refractivity contribution < 1.29 is 8.78 Å². The van der Waals surface area contributed by atoms with Gasteiger partial charge in [0.15, 0.2) is 0 Å². The molecule has 0 saturated heterocycles. The van der Waals surface area contributed by atoms with E-state index in [2.05, 4.69) is 17.3 Å². The Kier molecular flexibility index (Phi) is 3.66. The molecule has 5 heteroatoms. The molecule has 0 saturated carbocycles. The van der Waals surface area contributed by atoms with Gasteiger partial charge in [-0.3, -0.25) is 4.68 Å². The lowest BCUT2D eigenvalue weighted by atomic mass is 10.0. The highest BCUT2D eigenvalue weighted by Gasteiger charge is 2.15. The van der Waals surface area contributed by atoms with Gasteiger partial charge in [-0.15, -0.1) is 0 Å². The van der Waals surface area contributed by atoms with Gasteiger partial charge in [0, 0.05) is 17.8 Å². The lowest BCUT2D eigenvalue weighted by Gasteiger charge is -2.24. The average Bonchev–Trinajstić information content (AvgIpc) is 2.50. The zero-order valence-corrected chi connectivity index (χ0v) is 9.30. The Labute approximate surface area is 88.5 Å². The van der Waals surface area contributed by atoms with Crippen molar-refractivity contribution in [3.8, 4) is 0 Å². The highest BCUT2D eigenvalue weighted by molar-refractivity contribution is 5.35. The number of halogens is 2. The summed E-state index contributed by atoms with van der Waals surface area (Å²) >= 11 is 0. The summed E-state index contributed by atoms with van der Waals surface area (Å²) in [5, 5.41) is 7.19. The van der Waals surface area contributed by atoms with Crippen molar-refractivity contribution in [3.05, 3.63) is 12.3 Å². The smallest absolute Gasteiger partial charge is 0.257 e. The van der Waals surface area contributed by atoms with Crippen LogP contribution in [0.5, 0.6) is 0 Å². The Morgan fingerprint density at radius 1 is 1.53 bits per heavy atom. The minimum atomic E-state index is -2.36. The Bertz CT molecular complexity index is 307. The number of aromatic nitrogens is 2. The Balaban J connectivity index is 2.60. The predicted molar refractivity (Wildman–Crippen MR) is 56.2 cm³/mol. The molecular formula is C10H17F2N3. The van der Waals surface area contributed by atoms with Gasteiger partial charge in [0.1, 0.15) is 12.4 Å². The van der Waals surface area contributed by atoms with Crippen molar-refractivity contribution in [1.29, 1.82) is 0 Å². The average molecular weight is 217 g/mol. The van der Waals surface area contributed by atoms with E-state index in [1.165, 1.54) is 4.68 Å². The molecule has 1 rings (SSSR count). The SMILES string of the molecule is CCC(C)(C)Nc1ccn(CC(F)F)n1. The van der Waals surface area contributed by atoms with Gasteiger partial charge in [-0.05, 0) is 20.3 Å². The molecule has 0 unspecified atom stereocenters. The molecule has 15 heavy (non-hydrogen) atoms. The summed E-state index contributed by atoms with van der Waals surface area (Å²) in [6, 6.07) is 1.71. The number of nitrogens with one attached hydrogen (secondary N) is 1. The molecule has 0 amide bonds. The Hall–Kier alpha value is -1.13. The minimum absolute atomic E-state index is 0.0655. The highest BCUT2D eigenvalue weighted by atomic mass is 19.3. The maximum atomic E-state index is 12.1. The van der Waals surface area contributed by atoms with Crippen LogP contribution in [-0.4, -0.2) is 21.7 Å². The molecule has 1 heterocycles. The third kappa shape index (κ3) is 3.85. The lowest BCUT2D eigenvalue weighted by Crippen LogP contribution is -2.29. The van der Waals surface area contributed by atoms with E-state index in [0.29, 0.717) is 5.82 Å². The van der Waals surface area contributed by atoms with Crippen LogP contribution in [-0.2, 0) is 6.54 Å². The number of alkyl halides is 2. The molecule has 0 radical (unpaired) electrons. The third-order valence-electron chi connectivity index (χ3n) is 2.32. The lowest BCUT2D eigenvalue weighted by molar-refractivity contribution is 0.122. The first-order valence-corrected chi connectivity index (χ1v) is 5.03. The van der Waals surface area contributed by atoms with Crippen LogP contribution in [0.2, 0.25) is 0 Å². The van der Waals surface area contributed by atoms with Gasteiger partial charge in [0.25, 0.3) is 6.43 Å². The summed E-state index contributed by atoms with van der Waals surface area (Å²) in [6.45, 7) is 5.79. The van der Waals surface area contributed by atoms with E-state index >= 15 is 0 Å². The molecule has 0 bridgehead atoms. The minimum Gasteiger partial charge on any atom is -0.364 e. The first-order valence-electron chi connectivity index (χ1n) is 5.03. The van der Waals surface area contributed by atoms with Gasteiger partial charge in [-0.2, -0.15) is 5.10 Å². The molecule has 0 aliphatic heterocycles. The van der Waals surface area contributed by atoms with Crippen LogP contribution in [0.3, 0.4) is 0 Å². The molecule has 1 aromatic heterocycles. The second kappa shape index (κ2) is 4.59. The van der Waals surface area contributed by atoms with Crippen LogP contribution in [0.4, 0.5) is 14.6 Å². The molecule has 0 spiro atoms. The molecule has 1 aromatic rings. The van der Waals surface area contributed by atoms with E-state index in [1.807, 2.05) is 13.8 Å². The molecule has 0 aromatic carbocycles. The van der Waals surface area contributed by atoms with Crippen LogP contribution in [0, 0.1) is 0 Å². The van der Waals surface area contributed by atoms with E-state index in [0.717, 1.165) is 6.42 Å². The third-order valence-corrected chi connectivity index (χ3v) is 2.32. The number of hydrogen-bond acceptors (Lipinski definition) is 2. The summed E-state index contributed by atoms with van der Waals surface area (Å²) in [5.41, 5.74) is -0.0655. The summed E-state index contributed by atoms with van der Waals surface area (Å²) in [6.07, 6.45) is 0.131. The summed E-state index contributed by atoms with van der Waals surface area (Å²) in [5.74, 6) is 0.641. The summed E-state index contributed by atoms with van der Waals surface area (Å²) < 4.78 is 25.4. The van der Waals surface area contributed by atoms with Gasteiger partial charge in [-0.25, -0.2) is 8.78 Å². The molecule has 1 N–H and O–H groups in total. The quantitative estimate of drug-likeness (QED) is 0.821. The second-order valence-electron chi connectivity index (χ2n) is 4.18. The van der Waals surface area contributed by atoms with Crippen LogP contribution < -0.4 is 5.32 Å². The normalized spacial score (nSPS) is 12.1. The van der Waals surface area contributed by atoms with Crippen molar-refractivity contribution in [1.82, 2.24) is 9.78 Å². The van der Waals surface area contributed by atoms with Crippen LogP contribution in [0.1, 0.15) is 27.2 Å². The van der Waals surface area contributed by atoms with Crippen molar-refractivity contribution in [3.63, 3.8) is 0 Å². The van der Waals surface area contributed by atoms with Crippen LogP contribution >= 0.6 is 0 Å². The zero-order chi connectivity index (χ0) is 11.5. The van der Waals surface area contributed by atoms with Crippen molar-refractivity contribution in [2.75, 3.05) is 5.32 Å². The molecule has 0 atom stereocenters. The van der Waals surface area contributed by atoms with Crippen LogP contribution in [0.15, 0.2) is 12.3 Å². The molecule has 86 valence electrons. The second-order valence-corrected chi connectivity index (χ2v) is 4.18. The molecule has 0 fully saturated rings. The number of rotatable bonds is 5. The van der Waals surface area contributed by atoms with E-state index in [9.17, 15) is 8.78 Å². The maximum Gasteiger partial charge on any atom is 0.257 e. The fourth-order valence-corrected chi connectivity index (χ4v) is 1.11. The monoisotopic (exact) mass is 217 g/mol. The maximum absolute atomic E-state index is 12.1. The van der Waals surface area contributed by atoms with E-state index in [-0.39, 0.29) is 12.1 Å². The highest BCUT2D eigenvalue weighted by Crippen LogP contribution is 2.15. The molecular weight excluding hydrogens is 200 g/mol. The zero-order valence-electron chi connectivity index (χ0n) is 9.30. The van der Waals surface area contributed by atoms with E-state index in [4.69, 9.17) is 0 Å². The Morgan fingerprint density at radius 2 is 2.20 bits per heavy atom. The number of hydrogen-bond donors (Lipinski definition) is 1. The van der Waals surface area contributed by atoms with Crippen LogP contribution in [0.25, 0.3) is 0 Å². The van der Waals surface area contributed by atoms with Crippen molar-refractivity contribution in [2.45, 2.75) is 45.7 Å². The van der Waals surface area contributed by atoms with Gasteiger partial charge >= 0.3 is 0 Å². The molecule has 0 aliphatic rings. The largest absolute Gasteiger partial charge is 0.364 e. The topological polar surface area (TPSA) is 29.9 Å². The van der Waals surface area contributed by atoms with Gasteiger partial charge in [0.05, 0.1) is 0 Å². The number of anilines is 1. The predicted octanol–water partition coefficient (Wildman–Crippen LogP) is 2.75. The van der Waals surface area contributed by atoms with Crippen molar-refractivity contribution >= 4 is 5.82 Å². The van der Waals surface area contributed by atoms with E-state index < -0.39 is 6.43 Å². The first kappa shape index (κ1) is 11.9. The fourth-order valence-electron chi connectivity index (χ4n) is 1.11. The van der Waals surface area contributed by atoms with Gasteiger partial charge in [-0.1, -0.05) is 6.92 Å². The first-order chi connectivity index (χ1) is 6.93. The van der Waals surface area contributed by atoms with Gasteiger partial charge in [0.2, 0.25) is 0 Å². The molecule has 3 nitrogen and oxygen atoms in total. The number of nitrogens with zero attached hydrogens (tertiary/aromatic N) is 2. The van der Waals surface area contributed by atoms with E-state index in [1.54, 1.807) is 12.3 Å². The van der Waals surface area contributed by atoms with Crippen molar-refractivity contribution in [2.24, 2.45) is 0 Å². The Morgan fingerprint density at radius 3 is 2.73 bits per heavy atom.